The smallest absolute Gasteiger partial charge is 0.254 e. The first-order chi connectivity index (χ1) is 7.04. The molecule has 0 saturated carbocycles. The quantitative estimate of drug-likeness (QED) is 0.790. The summed E-state index contributed by atoms with van der Waals surface area (Å²) in [7, 11) is 0. The highest BCUT2D eigenvalue weighted by atomic mass is 19.1. The molecule has 0 heterocycles. The molecule has 0 saturated heterocycles. The predicted molar refractivity (Wildman–Crippen MR) is 52.3 cm³/mol. The molecule has 1 atom stereocenters. The molecule has 82 valence electrons. The summed E-state index contributed by atoms with van der Waals surface area (Å²) in [6, 6.07) is 2.45. The molecule has 0 aliphatic carbocycles. The van der Waals surface area contributed by atoms with Crippen LogP contribution in [-0.4, -0.2) is 18.5 Å². The second kappa shape index (κ2) is 4.84. The van der Waals surface area contributed by atoms with Gasteiger partial charge in [-0.25, -0.2) is 8.78 Å². The van der Waals surface area contributed by atoms with Crippen molar-refractivity contribution in [1.29, 1.82) is 0 Å². The summed E-state index contributed by atoms with van der Waals surface area (Å²) < 4.78 is 25.9. The van der Waals surface area contributed by atoms with Crippen LogP contribution in [0.25, 0.3) is 0 Å². The highest BCUT2D eigenvalue weighted by Gasteiger charge is 2.14. The van der Waals surface area contributed by atoms with E-state index in [0.717, 1.165) is 18.2 Å². The van der Waals surface area contributed by atoms with E-state index in [2.05, 4.69) is 5.32 Å². The highest BCUT2D eigenvalue weighted by molar-refractivity contribution is 5.94. The summed E-state index contributed by atoms with van der Waals surface area (Å²) in [6.45, 7) is 1.91. The number of carbonyl (C=O) groups excluding carboxylic acids is 1. The number of nitrogens with one attached hydrogen (secondary N) is 1. The molecule has 0 aromatic heterocycles. The molecule has 0 radical (unpaired) electrons. The van der Waals surface area contributed by atoms with E-state index >= 15 is 0 Å². The molecule has 1 aromatic rings. The summed E-state index contributed by atoms with van der Waals surface area (Å²) in [5.74, 6) is -2.06. The number of amides is 1. The van der Waals surface area contributed by atoms with Gasteiger partial charge in [-0.1, -0.05) is 0 Å². The molecule has 0 bridgehead atoms. The zero-order chi connectivity index (χ0) is 11.4. The first-order valence-corrected chi connectivity index (χ1v) is 4.50. The fourth-order valence-electron chi connectivity index (χ4n) is 1.03. The fraction of sp³-hybridized carbons (Fsp3) is 0.300. The third-order valence-corrected chi connectivity index (χ3v) is 1.90. The Morgan fingerprint density at radius 3 is 2.80 bits per heavy atom. The predicted octanol–water partition coefficient (Wildman–Crippen LogP) is 1.04. The average molecular weight is 214 g/mol. The van der Waals surface area contributed by atoms with Crippen molar-refractivity contribution in [3.8, 4) is 0 Å². The summed E-state index contributed by atoms with van der Waals surface area (Å²) in [4.78, 5) is 11.4. The van der Waals surface area contributed by atoms with Gasteiger partial charge in [0.15, 0.2) is 0 Å². The van der Waals surface area contributed by atoms with Crippen LogP contribution >= 0.6 is 0 Å². The largest absolute Gasteiger partial charge is 0.348 e. The van der Waals surface area contributed by atoms with Crippen molar-refractivity contribution < 1.29 is 13.6 Å². The Bertz CT molecular complexity index is 368. The van der Waals surface area contributed by atoms with Gasteiger partial charge in [-0.05, 0) is 25.1 Å². The maximum atomic E-state index is 13.1. The van der Waals surface area contributed by atoms with Gasteiger partial charge in [0.05, 0.1) is 5.56 Å². The van der Waals surface area contributed by atoms with Gasteiger partial charge in [-0.15, -0.1) is 0 Å². The third-order valence-electron chi connectivity index (χ3n) is 1.90. The van der Waals surface area contributed by atoms with Gasteiger partial charge in [0.1, 0.15) is 11.6 Å². The van der Waals surface area contributed by atoms with Crippen LogP contribution in [0.4, 0.5) is 8.78 Å². The zero-order valence-electron chi connectivity index (χ0n) is 8.26. The Balaban J connectivity index is 2.86. The molecule has 0 spiro atoms. The minimum atomic E-state index is -0.752. The molecule has 3 N–H and O–H groups in total. The Morgan fingerprint density at radius 1 is 1.53 bits per heavy atom. The van der Waals surface area contributed by atoms with Gasteiger partial charge in [0, 0.05) is 12.6 Å². The van der Waals surface area contributed by atoms with Gasteiger partial charge in [0.25, 0.3) is 5.91 Å². The van der Waals surface area contributed by atoms with Crippen molar-refractivity contribution in [3.63, 3.8) is 0 Å². The fourth-order valence-corrected chi connectivity index (χ4v) is 1.03. The van der Waals surface area contributed by atoms with Crippen molar-refractivity contribution >= 4 is 5.91 Å². The van der Waals surface area contributed by atoms with Gasteiger partial charge >= 0.3 is 0 Å². The molecule has 1 amide bonds. The lowest BCUT2D eigenvalue weighted by atomic mass is 10.2. The summed E-state index contributed by atoms with van der Waals surface area (Å²) in [5.41, 5.74) is 4.97. The molecule has 0 aliphatic rings. The van der Waals surface area contributed by atoms with Crippen LogP contribution < -0.4 is 11.1 Å². The van der Waals surface area contributed by atoms with Crippen LogP contribution in [0.2, 0.25) is 0 Å². The number of nitrogens with two attached hydrogens (primary N) is 1. The molecule has 5 heteroatoms. The second-order valence-electron chi connectivity index (χ2n) is 3.23. The molecular weight excluding hydrogens is 202 g/mol. The molecule has 15 heavy (non-hydrogen) atoms. The van der Waals surface area contributed by atoms with Crippen molar-refractivity contribution in [2.75, 3.05) is 6.54 Å². The summed E-state index contributed by atoms with van der Waals surface area (Å²) in [5, 5.41) is 2.44. The number of rotatable bonds is 3. The van der Waals surface area contributed by atoms with Gasteiger partial charge in [-0.2, -0.15) is 0 Å². The Morgan fingerprint density at radius 2 is 2.20 bits per heavy atom. The second-order valence-corrected chi connectivity index (χ2v) is 3.23. The number of hydrogen-bond acceptors (Lipinski definition) is 2. The normalized spacial score (nSPS) is 12.3. The van der Waals surface area contributed by atoms with Crippen LogP contribution in [0, 0.1) is 11.6 Å². The molecule has 0 fully saturated rings. The van der Waals surface area contributed by atoms with E-state index in [9.17, 15) is 13.6 Å². The topological polar surface area (TPSA) is 55.1 Å². The van der Waals surface area contributed by atoms with Crippen LogP contribution in [0.15, 0.2) is 18.2 Å². The first-order valence-electron chi connectivity index (χ1n) is 4.50. The van der Waals surface area contributed by atoms with Gasteiger partial charge in [0.2, 0.25) is 0 Å². The lowest BCUT2D eigenvalue weighted by Crippen LogP contribution is -2.38. The number of benzene rings is 1. The maximum absolute atomic E-state index is 13.1. The molecule has 1 rings (SSSR count). The van der Waals surface area contributed by atoms with E-state index in [1.54, 1.807) is 6.92 Å². The number of hydrogen-bond donors (Lipinski definition) is 2. The van der Waals surface area contributed by atoms with Crippen LogP contribution in [0.1, 0.15) is 17.3 Å². The summed E-state index contributed by atoms with van der Waals surface area (Å²) in [6.07, 6.45) is 0. The summed E-state index contributed by atoms with van der Waals surface area (Å²) >= 11 is 0. The van der Waals surface area contributed by atoms with Crippen molar-refractivity contribution in [1.82, 2.24) is 5.32 Å². The Labute approximate surface area is 86.3 Å². The number of halogens is 2. The maximum Gasteiger partial charge on any atom is 0.254 e. The lowest BCUT2D eigenvalue weighted by Gasteiger charge is -2.11. The third kappa shape index (κ3) is 2.99. The first kappa shape index (κ1) is 11.6. The van der Waals surface area contributed by atoms with Crippen LogP contribution in [0.5, 0.6) is 0 Å². The van der Waals surface area contributed by atoms with E-state index in [1.807, 2.05) is 0 Å². The van der Waals surface area contributed by atoms with Crippen LogP contribution in [-0.2, 0) is 0 Å². The zero-order valence-corrected chi connectivity index (χ0v) is 8.26. The Kier molecular flexibility index (Phi) is 3.74. The molecule has 1 unspecified atom stereocenters. The lowest BCUT2D eigenvalue weighted by molar-refractivity contribution is 0.0936. The minimum absolute atomic E-state index is 0.239. The van der Waals surface area contributed by atoms with E-state index in [-0.39, 0.29) is 18.2 Å². The molecule has 0 aliphatic heterocycles. The molecular formula is C10H12F2N2O. The van der Waals surface area contributed by atoms with Gasteiger partial charge < -0.3 is 11.1 Å². The molecule has 1 aromatic carbocycles. The Hall–Kier alpha value is -1.49. The van der Waals surface area contributed by atoms with Crippen molar-refractivity contribution in [2.45, 2.75) is 13.0 Å². The van der Waals surface area contributed by atoms with E-state index in [0.29, 0.717) is 0 Å². The van der Waals surface area contributed by atoms with Crippen molar-refractivity contribution in [3.05, 3.63) is 35.4 Å². The highest BCUT2D eigenvalue weighted by Crippen LogP contribution is 2.09. The van der Waals surface area contributed by atoms with E-state index < -0.39 is 17.5 Å². The van der Waals surface area contributed by atoms with Crippen LogP contribution in [0.3, 0.4) is 0 Å². The molecule has 3 nitrogen and oxygen atoms in total. The number of carbonyl (C=O) groups is 1. The van der Waals surface area contributed by atoms with Gasteiger partial charge in [-0.3, -0.25) is 4.79 Å². The standard InChI is InChI=1S/C10H12F2N2O/c1-6(5-13)14-10(15)8-4-7(11)2-3-9(8)12/h2-4,6H,5,13H2,1H3,(H,14,15). The van der Waals surface area contributed by atoms with Crippen molar-refractivity contribution in [2.24, 2.45) is 5.73 Å². The average Bonchev–Trinajstić information content (AvgIpc) is 2.21. The minimum Gasteiger partial charge on any atom is -0.348 e. The van der Waals surface area contributed by atoms with E-state index in [1.165, 1.54) is 0 Å². The SMILES string of the molecule is CC(CN)NC(=O)c1cc(F)ccc1F. The van der Waals surface area contributed by atoms with E-state index in [4.69, 9.17) is 5.73 Å². The monoisotopic (exact) mass is 214 g/mol.